The maximum Gasteiger partial charge on any atom is 0.403 e. The van der Waals surface area contributed by atoms with Crippen LogP contribution < -0.4 is 5.32 Å². The molecule has 2 heterocycles. The normalized spacial score (nSPS) is 17.4. The highest BCUT2D eigenvalue weighted by molar-refractivity contribution is 5.80. The summed E-state index contributed by atoms with van der Waals surface area (Å²) < 4.78 is 40.8. The Hall–Kier alpha value is -2.55. The predicted molar refractivity (Wildman–Crippen MR) is 107 cm³/mol. The second-order valence-electron chi connectivity index (χ2n) is 7.20. The number of aromatic nitrogens is 2. The molecule has 9 heteroatoms. The van der Waals surface area contributed by atoms with Crippen molar-refractivity contribution in [2.45, 2.75) is 32.2 Å². The van der Waals surface area contributed by atoms with Gasteiger partial charge in [-0.2, -0.15) is 13.2 Å². The molecule has 1 unspecified atom stereocenters. The maximum atomic E-state index is 12.9. The Balaban J connectivity index is 1.52. The number of nitrogens with zero attached hydrogens (tertiary/aromatic N) is 5. The van der Waals surface area contributed by atoms with Crippen molar-refractivity contribution in [3.8, 4) is 0 Å². The third-order valence-electron chi connectivity index (χ3n) is 5.21. The summed E-state index contributed by atoms with van der Waals surface area (Å²) in [6.45, 7) is 4.33. The lowest BCUT2D eigenvalue weighted by Crippen LogP contribution is -2.56. The molecule has 2 aromatic rings. The average Bonchev–Trinajstić information content (AvgIpc) is 3.21. The van der Waals surface area contributed by atoms with Gasteiger partial charge in [-0.1, -0.05) is 24.3 Å². The second-order valence-corrected chi connectivity index (χ2v) is 7.20. The number of rotatable bonds is 5. The summed E-state index contributed by atoms with van der Waals surface area (Å²) in [5.41, 5.74) is 2.29. The Morgan fingerprint density at radius 3 is 2.55 bits per heavy atom. The summed E-state index contributed by atoms with van der Waals surface area (Å²) in [6, 6.07) is 6.84. The van der Waals surface area contributed by atoms with Crippen LogP contribution >= 0.6 is 0 Å². The zero-order valence-electron chi connectivity index (χ0n) is 16.7. The summed E-state index contributed by atoms with van der Waals surface area (Å²) in [6.07, 6.45) is 1.27. The molecule has 158 valence electrons. The van der Waals surface area contributed by atoms with E-state index in [1.165, 1.54) is 17.4 Å². The molecule has 6 nitrogen and oxygen atoms in total. The summed E-state index contributed by atoms with van der Waals surface area (Å²) in [7, 11) is 1.70. The molecule has 1 saturated heterocycles. The number of alkyl halides is 3. The highest BCUT2D eigenvalue weighted by atomic mass is 19.4. The molecule has 0 amide bonds. The lowest BCUT2D eigenvalue weighted by molar-refractivity contribution is -0.181. The maximum absolute atomic E-state index is 12.9. The average molecular weight is 408 g/mol. The molecule has 0 bridgehead atoms. The SMILES string of the molecule is CN=C(NCc1cccc(Cn2ccnc2)c1)N1CCN(C(C)C(F)(F)F)CC1. The molecule has 0 spiro atoms. The van der Waals surface area contributed by atoms with Gasteiger partial charge in [0.2, 0.25) is 0 Å². The first kappa shape index (κ1) is 21.2. The molecule has 1 aromatic carbocycles. The van der Waals surface area contributed by atoms with E-state index in [1.54, 1.807) is 19.6 Å². The molecule has 1 aliphatic heterocycles. The van der Waals surface area contributed by atoms with Gasteiger partial charge in [0, 0.05) is 58.7 Å². The van der Waals surface area contributed by atoms with Crippen LogP contribution in [0.4, 0.5) is 13.2 Å². The molecule has 1 aromatic heterocycles. The zero-order valence-corrected chi connectivity index (χ0v) is 16.7. The minimum absolute atomic E-state index is 0.363. The Labute approximate surface area is 169 Å². The lowest BCUT2D eigenvalue weighted by Gasteiger charge is -2.39. The predicted octanol–water partition coefficient (Wildman–Crippen LogP) is 2.58. The van der Waals surface area contributed by atoms with E-state index in [9.17, 15) is 13.2 Å². The van der Waals surface area contributed by atoms with E-state index in [4.69, 9.17) is 0 Å². The first-order chi connectivity index (χ1) is 13.9. The summed E-state index contributed by atoms with van der Waals surface area (Å²) in [5.74, 6) is 0.712. The van der Waals surface area contributed by atoms with E-state index >= 15 is 0 Å². The standard InChI is InChI=1S/C20H27F3N6/c1-16(20(21,22)23)28-8-10-29(11-9-28)19(24-2)26-13-17-4-3-5-18(12-17)14-27-7-6-25-15-27/h3-7,12,15-16H,8-11,13-14H2,1-2H3,(H,24,26). The van der Waals surface area contributed by atoms with Crippen LogP contribution in [0.5, 0.6) is 0 Å². The van der Waals surface area contributed by atoms with Gasteiger partial charge in [-0.15, -0.1) is 0 Å². The fraction of sp³-hybridized carbons (Fsp3) is 0.500. The Morgan fingerprint density at radius 1 is 1.21 bits per heavy atom. The smallest absolute Gasteiger partial charge is 0.352 e. The van der Waals surface area contributed by atoms with E-state index in [1.807, 2.05) is 27.8 Å². The summed E-state index contributed by atoms with van der Waals surface area (Å²) in [4.78, 5) is 11.8. The monoisotopic (exact) mass is 408 g/mol. The summed E-state index contributed by atoms with van der Waals surface area (Å²) >= 11 is 0. The van der Waals surface area contributed by atoms with Gasteiger partial charge in [-0.05, 0) is 18.1 Å². The molecule has 29 heavy (non-hydrogen) atoms. The molecule has 0 aliphatic carbocycles. The van der Waals surface area contributed by atoms with Gasteiger partial charge >= 0.3 is 6.18 Å². The van der Waals surface area contributed by atoms with Crippen LogP contribution in [0.3, 0.4) is 0 Å². The lowest BCUT2D eigenvalue weighted by atomic mass is 10.1. The summed E-state index contributed by atoms with van der Waals surface area (Å²) in [5, 5.41) is 3.33. The van der Waals surface area contributed by atoms with Crippen molar-refractivity contribution in [2.24, 2.45) is 4.99 Å². The first-order valence-corrected chi connectivity index (χ1v) is 9.66. The van der Waals surface area contributed by atoms with Crippen LogP contribution in [0.25, 0.3) is 0 Å². The molecule has 1 fully saturated rings. The minimum Gasteiger partial charge on any atom is -0.352 e. The second kappa shape index (κ2) is 9.30. The Morgan fingerprint density at radius 2 is 1.93 bits per heavy atom. The van der Waals surface area contributed by atoms with Crippen molar-refractivity contribution in [1.82, 2.24) is 24.7 Å². The highest BCUT2D eigenvalue weighted by Crippen LogP contribution is 2.25. The van der Waals surface area contributed by atoms with Crippen LogP contribution in [0.2, 0.25) is 0 Å². The van der Waals surface area contributed by atoms with E-state index in [-0.39, 0.29) is 0 Å². The van der Waals surface area contributed by atoms with Gasteiger partial charge in [-0.25, -0.2) is 4.98 Å². The molecule has 1 aliphatic rings. The van der Waals surface area contributed by atoms with Crippen molar-refractivity contribution in [1.29, 1.82) is 0 Å². The zero-order chi connectivity index (χ0) is 20.9. The van der Waals surface area contributed by atoms with Crippen molar-refractivity contribution in [3.63, 3.8) is 0 Å². The van der Waals surface area contributed by atoms with Gasteiger partial charge < -0.3 is 14.8 Å². The van der Waals surface area contributed by atoms with Crippen molar-refractivity contribution in [2.75, 3.05) is 33.2 Å². The fourth-order valence-corrected chi connectivity index (χ4v) is 3.47. The number of nitrogens with one attached hydrogen (secondary N) is 1. The molecular weight excluding hydrogens is 381 g/mol. The van der Waals surface area contributed by atoms with Crippen molar-refractivity contribution < 1.29 is 13.2 Å². The minimum atomic E-state index is -4.19. The third-order valence-corrected chi connectivity index (χ3v) is 5.21. The van der Waals surface area contributed by atoms with E-state index in [2.05, 4.69) is 27.4 Å². The Bertz CT molecular complexity index is 795. The molecule has 0 saturated carbocycles. The molecule has 1 N–H and O–H groups in total. The van der Waals surface area contributed by atoms with Crippen molar-refractivity contribution in [3.05, 3.63) is 54.1 Å². The van der Waals surface area contributed by atoms with Crippen LogP contribution in [-0.2, 0) is 13.1 Å². The van der Waals surface area contributed by atoms with Crippen LogP contribution in [0.15, 0.2) is 48.0 Å². The number of benzene rings is 1. The number of hydrogen-bond donors (Lipinski definition) is 1. The fourth-order valence-electron chi connectivity index (χ4n) is 3.47. The first-order valence-electron chi connectivity index (χ1n) is 9.66. The van der Waals surface area contributed by atoms with E-state index in [0.717, 1.165) is 12.1 Å². The molecule has 1 atom stereocenters. The molecule has 0 radical (unpaired) electrons. The number of guanidine groups is 1. The largest absolute Gasteiger partial charge is 0.403 e. The van der Waals surface area contributed by atoms with Crippen LogP contribution in [-0.4, -0.2) is 70.8 Å². The van der Waals surface area contributed by atoms with Gasteiger partial charge in [-0.3, -0.25) is 9.89 Å². The molecular formula is C20H27F3N6. The van der Waals surface area contributed by atoms with Gasteiger partial charge in [0.1, 0.15) is 6.04 Å². The van der Waals surface area contributed by atoms with E-state index < -0.39 is 12.2 Å². The number of halogens is 3. The van der Waals surface area contributed by atoms with Gasteiger partial charge in [0.25, 0.3) is 0 Å². The van der Waals surface area contributed by atoms with Gasteiger partial charge in [0.15, 0.2) is 5.96 Å². The topological polar surface area (TPSA) is 48.7 Å². The Kier molecular flexibility index (Phi) is 6.79. The number of aliphatic imine (C=N–C) groups is 1. The van der Waals surface area contributed by atoms with Gasteiger partial charge in [0.05, 0.1) is 6.33 Å². The highest BCUT2D eigenvalue weighted by Gasteiger charge is 2.41. The number of hydrogen-bond acceptors (Lipinski definition) is 3. The number of imidazole rings is 1. The third kappa shape index (κ3) is 5.72. The molecule has 3 rings (SSSR count). The van der Waals surface area contributed by atoms with Crippen LogP contribution in [0.1, 0.15) is 18.1 Å². The van der Waals surface area contributed by atoms with Crippen LogP contribution in [0, 0.1) is 0 Å². The quantitative estimate of drug-likeness (QED) is 0.610. The van der Waals surface area contributed by atoms with E-state index in [0.29, 0.717) is 38.7 Å². The number of piperazine rings is 1. The van der Waals surface area contributed by atoms with Crippen molar-refractivity contribution >= 4 is 5.96 Å².